The quantitative estimate of drug-likeness (QED) is 0.418. The topological polar surface area (TPSA) is 12.4 Å². The molecule has 0 amide bonds. The molecular weight excluding hydrogens is 142 g/mol. The van der Waals surface area contributed by atoms with Gasteiger partial charge in [-0.1, -0.05) is 13.8 Å². The van der Waals surface area contributed by atoms with Crippen LogP contribution in [0.1, 0.15) is 26.7 Å². The molecule has 3 atom stereocenters. The van der Waals surface area contributed by atoms with E-state index in [0.717, 1.165) is 5.92 Å². The van der Waals surface area contributed by atoms with E-state index in [-0.39, 0.29) is 0 Å². The van der Waals surface area contributed by atoms with Gasteiger partial charge in [0.25, 0.3) is 0 Å². The lowest BCUT2D eigenvalue weighted by molar-refractivity contribution is 0.424. The van der Waals surface area contributed by atoms with Crippen LogP contribution in [0, 0.1) is 11.8 Å². The Morgan fingerprint density at radius 3 is 2.50 bits per heavy atom. The lowest BCUT2D eigenvalue weighted by atomic mass is 9.98. The van der Waals surface area contributed by atoms with Gasteiger partial charge in [-0.3, -0.25) is 0 Å². The Morgan fingerprint density at radius 2 is 2.10 bits per heavy atom. The summed E-state index contributed by atoms with van der Waals surface area (Å²) in [6, 6.07) is 0.465. The van der Waals surface area contributed by atoms with E-state index in [1.165, 1.54) is 12.8 Å². The molecule has 2 heteroatoms. The highest BCUT2D eigenvalue weighted by Gasteiger charge is 2.28. The summed E-state index contributed by atoms with van der Waals surface area (Å²) < 4.78 is 0. The molecule has 0 aliphatic heterocycles. The summed E-state index contributed by atoms with van der Waals surface area (Å²) in [6.07, 6.45) is 2.50. The van der Waals surface area contributed by atoms with Crippen molar-refractivity contribution in [1.82, 2.24) is 0 Å². The molecule has 10 heavy (non-hydrogen) atoms. The van der Waals surface area contributed by atoms with Gasteiger partial charge in [0, 0.05) is 0 Å². The maximum absolute atomic E-state index is 4.56. The number of thiocarbonyl (C=S) groups is 1. The number of nitrogens with zero attached hydrogens (tertiary/aromatic N) is 1. The number of isothiocyanates is 1. The van der Waals surface area contributed by atoms with Crippen LogP contribution < -0.4 is 0 Å². The van der Waals surface area contributed by atoms with Crippen LogP contribution in [0.3, 0.4) is 0 Å². The Bertz CT molecular complexity index is 161. The first kappa shape index (κ1) is 7.90. The van der Waals surface area contributed by atoms with Gasteiger partial charge in [-0.15, -0.1) is 0 Å². The molecule has 0 heterocycles. The first-order chi connectivity index (χ1) is 4.75. The summed E-state index contributed by atoms with van der Waals surface area (Å²) in [5, 5.41) is 2.47. The zero-order chi connectivity index (χ0) is 7.56. The van der Waals surface area contributed by atoms with Crippen LogP contribution in [0.4, 0.5) is 0 Å². The Morgan fingerprint density at radius 1 is 1.40 bits per heavy atom. The molecule has 0 spiro atoms. The van der Waals surface area contributed by atoms with E-state index in [2.05, 4.69) is 36.2 Å². The Kier molecular flexibility index (Phi) is 2.58. The van der Waals surface area contributed by atoms with E-state index in [4.69, 9.17) is 0 Å². The molecule has 0 aromatic rings. The Labute approximate surface area is 67.5 Å². The second-order valence-corrected chi connectivity index (χ2v) is 3.38. The molecule has 3 unspecified atom stereocenters. The van der Waals surface area contributed by atoms with Crippen LogP contribution >= 0.6 is 12.2 Å². The predicted octanol–water partition coefficient (Wildman–Crippen LogP) is 2.52. The van der Waals surface area contributed by atoms with E-state index < -0.39 is 0 Å². The van der Waals surface area contributed by atoms with Gasteiger partial charge in [-0.25, -0.2) is 4.99 Å². The maximum atomic E-state index is 4.56. The molecule has 1 fully saturated rings. The number of hydrogen-bond acceptors (Lipinski definition) is 2. The minimum atomic E-state index is 0.465. The zero-order valence-electron chi connectivity index (χ0n) is 6.50. The lowest BCUT2D eigenvalue weighted by Gasteiger charge is -2.11. The Hall–Kier alpha value is -0.200. The zero-order valence-corrected chi connectivity index (χ0v) is 7.32. The molecule has 1 saturated carbocycles. The van der Waals surface area contributed by atoms with E-state index >= 15 is 0 Å². The van der Waals surface area contributed by atoms with E-state index in [9.17, 15) is 0 Å². The van der Waals surface area contributed by atoms with Gasteiger partial charge in [0.05, 0.1) is 11.2 Å². The molecule has 1 rings (SSSR count). The van der Waals surface area contributed by atoms with Crippen molar-refractivity contribution in [2.75, 3.05) is 0 Å². The van der Waals surface area contributed by atoms with E-state index in [0.29, 0.717) is 12.0 Å². The lowest BCUT2D eigenvalue weighted by Crippen LogP contribution is -2.11. The SMILES string of the molecule is CC1CCC(N=C=S)C1C. The molecule has 1 aliphatic rings. The van der Waals surface area contributed by atoms with Crippen molar-refractivity contribution >= 4 is 17.4 Å². The second-order valence-electron chi connectivity index (χ2n) is 3.20. The highest BCUT2D eigenvalue weighted by atomic mass is 32.1. The monoisotopic (exact) mass is 155 g/mol. The fraction of sp³-hybridized carbons (Fsp3) is 0.875. The van der Waals surface area contributed by atoms with Gasteiger partial charge in [0.1, 0.15) is 0 Å². The van der Waals surface area contributed by atoms with Gasteiger partial charge in [0.2, 0.25) is 0 Å². The van der Waals surface area contributed by atoms with Crippen LogP contribution in [-0.4, -0.2) is 11.2 Å². The first-order valence-electron chi connectivity index (χ1n) is 3.82. The third-order valence-electron chi connectivity index (χ3n) is 2.64. The molecule has 0 aromatic heterocycles. The summed E-state index contributed by atoms with van der Waals surface area (Å²) >= 11 is 4.56. The Balaban J connectivity index is 2.56. The predicted molar refractivity (Wildman–Crippen MR) is 46.4 cm³/mol. The van der Waals surface area contributed by atoms with Gasteiger partial charge in [-0.2, -0.15) is 0 Å². The highest BCUT2D eigenvalue weighted by Crippen LogP contribution is 2.32. The van der Waals surface area contributed by atoms with Crippen molar-refractivity contribution in [2.24, 2.45) is 16.8 Å². The number of rotatable bonds is 1. The minimum absolute atomic E-state index is 0.465. The van der Waals surface area contributed by atoms with Crippen LogP contribution in [0.2, 0.25) is 0 Å². The van der Waals surface area contributed by atoms with E-state index in [1.54, 1.807) is 0 Å². The molecule has 1 aliphatic carbocycles. The molecule has 56 valence electrons. The highest BCUT2D eigenvalue weighted by molar-refractivity contribution is 7.78. The summed E-state index contributed by atoms with van der Waals surface area (Å²) in [5.74, 6) is 1.52. The van der Waals surface area contributed by atoms with Crippen molar-refractivity contribution in [1.29, 1.82) is 0 Å². The van der Waals surface area contributed by atoms with Crippen molar-refractivity contribution in [3.05, 3.63) is 0 Å². The van der Waals surface area contributed by atoms with Crippen LogP contribution in [0.25, 0.3) is 0 Å². The van der Waals surface area contributed by atoms with Gasteiger partial charge >= 0.3 is 0 Å². The summed E-state index contributed by atoms with van der Waals surface area (Å²) in [6.45, 7) is 4.53. The molecule has 1 nitrogen and oxygen atoms in total. The molecule has 0 radical (unpaired) electrons. The van der Waals surface area contributed by atoms with Crippen LogP contribution in [0.5, 0.6) is 0 Å². The summed E-state index contributed by atoms with van der Waals surface area (Å²) in [7, 11) is 0. The minimum Gasteiger partial charge on any atom is -0.229 e. The van der Waals surface area contributed by atoms with Crippen LogP contribution in [-0.2, 0) is 0 Å². The van der Waals surface area contributed by atoms with E-state index in [1.807, 2.05) is 0 Å². The normalized spacial score (nSPS) is 39.2. The average molecular weight is 155 g/mol. The molecule has 0 N–H and O–H groups in total. The van der Waals surface area contributed by atoms with Crippen molar-refractivity contribution < 1.29 is 0 Å². The number of hydrogen-bond donors (Lipinski definition) is 0. The van der Waals surface area contributed by atoms with Crippen molar-refractivity contribution in [3.8, 4) is 0 Å². The van der Waals surface area contributed by atoms with Crippen LogP contribution in [0.15, 0.2) is 4.99 Å². The van der Waals surface area contributed by atoms with Crippen molar-refractivity contribution in [3.63, 3.8) is 0 Å². The molecule has 0 saturated heterocycles. The summed E-state index contributed by atoms with van der Waals surface area (Å²) in [4.78, 5) is 4.12. The molecule has 0 bridgehead atoms. The van der Waals surface area contributed by atoms with Gasteiger partial charge in [-0.05, 0) is 36.9 Å². The maximum Gasteiger partial charge on any atom is 0.0630 e. The van der Waals surface area contributed by atoms with Gasteiger partial charge in [0.15, 0.2) is 0 Å². The standard InChI is InChI=1S/C8H13NS/c1-6-3-4-8(7(6)2)9-5-10/h6-8H,3-4H2,1-2H3. The average Bonchev–Trinajstić information content (AvgIpc) is 2.20. The first-order valence-corrected chi connectivity index (χ1v) is 4.23. The third-order valence-corrected chi connectivity index (χ3v) is 2.75. The van der Waals surface area contributed by atoms with Gasteiger partial charge < -0.3 is 0 Å². The third kappa shape index (κ3) is 1.44. The van der Waals surface area contributed by atoms with Crippen molar-refractivity contribution in [2.45, 2.75) is 32.7 Å². The number of aliphatic imine (C=N–C) groups is 1. The largest absolute Gasteiger partial charge is 0.229 e. The molecular formula is C8H13NS. The fourth-order valence-electron chi connectivity index (χ4n) is 1.59. The summed E-state index contributed by atoms with van der Waals surface area (Å²) in [5.41, 5.74) is 0. The smallest absolute Gasteiger partial charge is 0.0630 e. The molecule has 0 aromatic carbocycles. The second kappa shape index (κ2) is 3.27. The fourth-order valence-corrected chi connectivity index (χ4v) is 1.72.